The Bertz CT molecular complexity index is 213. The van der Waals surface area contributed by atoms with E-state index in [1.165, 1.54) is 0 Å². The van der Waals surface area contributed by atoms with Gasteiger partial charge in [0.25, 0.3) is 0 Å². The molecule has 1 aliphatic rings. The van der Waals surface area contributed by atoms with Crippen molar-refractivity contribution in [3.05, 3.63) is 0 Å². The largest absolute Gasteiger partial charge is 0.396 e. The predicted octanol–water partition coefficient (Wildman–Crippen LogP) is 0.235. The molecule has 2 amide bonds. The highest BCUT2D eigenvalue weighted by Crippen LogP contribution is 2.08. The van der Waals surface area contributed by atoms with E-state index in [0.717, 1.165) is 6.42 Å². The van der Waals surface area contributed by atoms with Crippen LogP contribution in [0.5, 0.6) is 0 Å². The second-order valence-electron chi connectivity index (χ2n) is 4.52. The summed E-state index contributed by atoms with van der Waals surface area (Å²) in [5, 5.41) is 14.5. The summed E-state index contributed by atoms with van der Waals surface area (Å²) in [5.41, 5.74) is -0.377. The van der Waals surface area contributed by atoms with Crippen LogP contribution in [0.25, 0.3) is 0 Å². The second-order valence-corrected chi connectivity index (χ2v) is 4.52. The highest BCUT2D eigenvalue weighted by atomic mass is 16.5. The molecule has 1 saturated heterocycles. The summed E-state index contributed by atoms with van der Waals surface area (Å²) in [4.78, 5) is 11.5. The van der Waals surface area contributed by atoms with Crippen molar-refractivity contribution in [2.24, 2.45) is 0 Å². The lowest BCUT2D eigenvalue weighted by atomic mass is 10.0. The van der Waals surface area contributed by atoms with Crippen molar-refractivity contribution in [3.63, 3.8) is 0 Å². The van der Waals surface area contributed by atoms with Crippen molar-refractivity contribution in [1.82, 2.24) is 10.6 Å². The molecule has 1 heterocycles. The van der Waals surface area contributed by atoms with Gasteiger partial charge in [0.15, 0.2) is 0 Å². The van der Waals surface area contributed by atoms with Gasteiger partial charge in [0.1, 0.15) is 0 Å². The fraction of sp³-hybridized carbons (Fsp3) is 0.900. The fourth-order valence-corrected chi connectivity index (χ4v) is 1.52. The lowest BCUT2D eigenvalue weighted by molar-refractivity contribution is 0.185. The van der Waals surface area contributed by atoms with Crippen LogP contribution < -0.4 is 10.6 Å². The maximum absolute atomic E-state index is 11.5. The van der Waals surface area contributed by atoms with E-state index >= 15 is 0 Å². The topological polar surface area (TPSA) is 70.6 Å². The lowest BCUT2D eigenvalue weighted by Crippen LogP contribution is -2.51. The minimum atomic E-state index is -0.377. The molecule has 1 rings (SSSR count). The predicted molar refractivity (Wildman–Crippen MR) is 56.7 cm³/mol. The zero-order valence-electron chi connectivity index (χ0n) is 9.38. The molecule has 0 radical (unpaired) electrons. The number of aliphatic hydroxyl groups is 1. The summed E-state index contributed by atoms with van der Waals surface area (Å²) in [5.74, 6) is 0. The molecule has 1 atom stereocenters. The van der Waals surface area contributed by atoms with Crippen LogP contribution in [0.15, 0.2) is 0 Å². The Morgan fingerprint density at radius 1 is 1.60 bits per heavy atom. The SMILES string of the molecule is CC(C)(CCO)NC(=O)NC1CCOC1. The number of amides is 2. The molecule has 5 heteroatoms. The maximum Gasteiger partial charge on any atom is 0.315 e. The average molecular weight is 216 g/mol. The van der Waals surface area contributed by atoms with Gasteiger partial charge >= 0.3 is 6.03 Å². The minimum Gasteiger partial charge on any atom is -0.396 e. The zero-order chi connectivity index (χ0) is 11.3. The molecule has 88 valence electrons. The summed E-state index contributed by atoms with van der Waals surface area (Å²) >= 11 is 0. The normalized spacial score (nSPS) is 21.4. The first-order valence-corrected chi connectivity index (χ1v) is 5.31. The molecule has 3 N–H and O–H groups in total. The molecule has 1 fully saturated rings. The minimum absolute atomic E-state index is 0.0693. The highest BCUT2D eigenvalue weighted by Gasteiger charge is 2.22. The Morgan fingerprint density at radius 3 is 2.87 bits per heavy atom. The van der Waals surface area contributed by atoms with Crippen LogP contribution >= 0.6 is 0 Å². The van der Waals surface area contributed by atoms with Gasteiger partial charge in [-0.2, -0.15) is 0 Å². The van der Waals surface area contributed by atoms with Crippen LogP contribution in [-0.4, -0.2) is 42.5 Å². The number of ether oxygens (including phenoxy) is 1. The van der Waals surface area contributed by atoms with Gasteiger partial charge in [-0.25, -0.2) is 4.79 Å². The van der Waals surface area contributed by atoms with Gasteiger partial charge in [-0.05, 0) is 26.7 Å². The fourth-order valence-electron chi connectivity index (χ4n) is 1.52. The van der Waals surface area contributed by atoms with E-state index < -0.39 is 0 Å². The number of aliphatic hydroxyl groups excluding tert-OH is 1. The van der Waals surface area contributed by atoms with Gasteiger partial charge in [0.2, 0.25) is 0 Å². The number of carbonyl (C=O) groups is 1. The molecule has 0 aromatic heterocycles. The Labute approximate surface area is 90.2 Å². The molecule has 0 aromatic carbocycles. The molecular weight excluding hydrogens is 196 g/mol. The zero-order valence-corrected chi connectivity index (χ0v) is 9.38. The van der Waals surface area contributed by atoms with E-state index in [1.54, 1.807) is 0 Å². The van der Waals surface area contributed by atoms with Crippen LogP contribution in [0.2, 0.25) is 0 Å². The molecule has 1 aliphatic heterocycles. The van der Waals surface area contributed by atoms with Gasteiger partial charge in [-0.15, -0.1) is 0 Å². The van der Waals surface area contributed by atoms with E-state index in [1.807, 2.05) is 13.8 Å². The molecule has 1 unspecified atom stereocenters. The van der Waals surface area contributed by atoms with Gasteiger partial charge < -0.3 is 20.5 Å². The number of carbonyl (C=O) groups excluding carboxylic acids is 1. The van der Waals surface area contributed by atoms with Crippen molar-refractivity contribution >= 4 is 6.03 Å². The molecule has 0 saturated carbocycles. The summed E-state index contributed by atoms with van der Waals surface area (Å²) in [6.07, 6.45) is 1.41. The molecule has 0 aromatic rings. The van der Waals surface area contributed by atoms with Crippen LogP contribution in [0, 0.1) is 0 Å². The van der Waals surface area contributed by atoms with Crippen molar-refractivity contribution < 1.29 is 14.6 Å². The molecule has 0 aliphatic carbocycles. The van der Waals surface area contributed by atoms with Gasteiger partial charge in [-0.1, -0.05) is 0 Å². The quantitative estimate of drug-likeness (QED) is 0.630. The third kappa shape index (κ3) is 4.48. The summed E-state index contributed by atoms with van der Waals surface area (Å²) in [6, 6.07) is -0.0705. The number of urea groups is 1. The highest BCUT2D eigenvalue weighted by molar-refractivity contribution is 5.75. The van der Waals surface area contributed by atoms with E-state index in [-0.39, 0.29) is 24.2 Å². The third-order valence-corrected chi connectivity index (χ3v) is 2.45. The monoisotopic (exact) mass is 216 g/mol. The lowest BCUT2D eigenvalue weighted by Gasteiger charge is -2.26. The van der Waals surface area contributed by atoms with Crippen LogP contribution in [0.3, 0.4) is 0 Å². The van der Waals surface area contributed by atoms with Gasteiger partial charge in [0, 0.05) is 18.8 Å². The van der Waals surface area contributed by atoms with Crippen LogP contribution in [0.1, 0.15) is 26.7 Å². The number of hydrogen-bond donors (Lipinski definition) is 3. The van der Waals surface area contributed by atoms with E-state index in [2.05, 4.69) is 10.6 Å². The molecule has 0 bridgehead atoms. The van der Waals surface area contributed by atoms with Crippen molar-refractivity contribution in [2.45, 2.75) is 38.3 Å². The van der Waals surface area contributed by atoms with E-state index in [0.29, 0.717) is 19.6 Å². The van der Waals surface area contributed by atoms with E-state index in [4.69, 9.17) is 9.84 Å². The Kier molecular flexibility index (Phi) is 4.35. The number of rotatable bonds is 4. The Hall–Kier alpha value is -0.810. The Morgan fingerprint density at radius 2 is 2.33 bits per heavy atom. The molecule has 5 nitrogen and oxygen atoms in total. The number of hydrogen-bond acceptors (Lipinski definition) is 3. The number of nitrogens with one attached hydrogen (secondary N) is 2. The standard InChI is InChI=1S/C10H20N2O3/c1-10(2,4-5-13)12-9(14)11-8-3-6-15-7-8/h8,13H,3-7H2,1-2H3,(H2,11,12,14). The first-order chi connectivity index (χ1) is 7.03. The van der Waals surface area contributed by atoms with Crippen molar-refractivity contribution in [1.29, 1.82) is 0 Å². The van der Waals surface area contributed by atoms with Gasteiger partial charge in [0.05, 0.1) is 12.6 Å². The summed E-state index contributed by atoms with van der Waals surface area (Å²) in [6.45, 7) is 5.14. The average Bonchev–Trinajstić information content (AvgIpc) is 2.54. The first-order valence-electron chi connectivity index (χ1n) is 5.31. The smallest absolute Gasteiger partial charge is 0.315 e. The summed E-state index contributed by atoms with van der Waals surface area (Å²) < 4.78 is 5.15. The maximum atomic E-state index is 11.5. The third-order valence-electron chi connectivity index (χ3n) is 2.45. The van der Waals surface area contributed by atoms with E-state index in [9.17, 15) is 4.79 Å². The Balaban J connectivity index is 2.27. The van der Waals surface area contributed by atoms with Crippen molar-refractivity contribution in [2.75, 3.05) is 19.8 Å². The van der Waals surface area contributed by atoms with Gasteiger partial charge in [-0.3, -0.25) is 0 Å². The van der Waals surface area contributed by atoms with Crippen molar-refractivity contribution in [3.8, 4) is 0 Å². The molecular formula is C10H20N2O3. The summed E-state index contributed by atoms with van der Waals surface area (Å²) in [7, 11) is 0. The van der Waals surface area contributed by atoms with Crippen LogP contribution in [0.4, 0.5) is 4.79 Å². The first kappa shape index (κ1) is 12.3. The van der Waals surface area contributed by atoms with Crippen LogP contribution in [-0.2, 0) is 4.74 Å². The molecule has 0 spiro atoms. The second kappa shape index (κ2) is 5.32. The molecule has 15 heavy (non-hydrogen) atoms.